The maximum absolute atomic E-state index is 11.8. The van der Waals surface area contributed by atoms with E-state index in [1.807, 2.05) is 36.4 Å². The first-order chi connectivity index (χ1) is 9.81. The quantitative estimate of drug-likeness (QED) is 0.866. The summed E-state index contributed by atoms with van der Waals surface area (Å²) in [5.74, 6) is -0.0214. The van der Waals surface area contributed by atoms with Crippen molar-refractivity contribution in [2.75, 3.05) is 0 Å². The van der Waals surface area contributed by atoms with Crippen molar-refractivity contribution in [1.29, 1.82) is 0 Å². The summed E-state index contributed by atoms with van der Waals surface area (Å²) in [6.07, 6.45) is 8.01. The largest absolute Gasteiger partial charge is 0.350 e. The Balaban J connectivity index is 1.68. The summed E-state index contributed by atoms with van der Waals surface area (Å²) in [4.78, 5) is 16.3. The number of carbonyl (C=O) groups is 1. The van der Waals surface area contributed by atoms with E-state index in [4.69, 9.17) is 0 Å². The molecule has 0 unspecified atom stereocenters. The van der Waals surface area contributed by atoms with Crippen molar-refractivity contribution in [2.45, 2.75) is 31.7 Å². The van der Waals surface area contributed by atoms with Crippen LogP contribution < -0.4 is 5.32 Å². The van der Waals surface area contributed by atoms with Crippen LogP contribution in [0.25, 0.3) is 17.0 Å². The number of nitrogens with one attached hydrogen (secondary N) is 1. The number of rotatable bonds is 3. The highest BCUT2D eigenvalue weighted by molar-refractivity contribution is 5.92. The number of nitrogens with zero attached hydrogens (tertiary/aromatic N) is 1. The van der Waals surface area contributed by atoms with Crippen molar-refractivity contribution in [3.63, 3.8) is 0 Å². The Morgan fingerprint density at radius 1 is 1.15 bits per heavy atom. The molecule has 0 spiro atoms. The van der Waals surface area contributed by atoms with Crippen LogP contribution in [0.5, 0.6) is 0 Å². The third-order valence-electron chi connectivity index (χ3n) is 3.73. The SMILES string of the molecule is O=C(/C=C/c1ccc2ccccc2n1)NC1CCCC1. The van der Waals surface area contributed by atoms with Crippen LogP contribution >= 0.6 is 0 Å². The number of pyridine rings is 1. The lowest BCUT2D eigenvalue weighted by atomic mass is 10.2. The highest BCUT2D eigenvalue weighted by atomic mass is 16.1. The maximum atomic E-state index is 11.8. The number of hydrogen-bond acceptors (Lipinski definition) is 2. The molecule has 0 bridgehead atoms. The Kier molecular flexibility index (Phi) is 3.77. The number of benzene rings is 1. The van der Waals surface area contributed by atoms with Gasteiger partial charge in [-0.05, 0) is 31.1 Å². The molecule has 3 nitrogen and oxygen atoms in total. The maximum Gasteiger partial charge on any atom is 0.244 e. The summed E-state index contributed by atoms with van der Waals surface area (Å²) in [5.41, 5.74) is 1.76. The molecule has 1 saturated carbocycles. The van der Waals surface area contributed by atoms with Gasteiger partial charge in [-0.1, -0.05) is 37.1 Å². The fourth-order valence-corrected chi connectivity index (χ4v) is 2.66. The lowest BCUT2D eigenvalue weighted by molar-refractivity contribution is -0.117. The number of amides is 1. The second-order valence-electron chi connectivity index (χ2n) is 5.25. The first-order valence-corrected chi connectivity index (χ1v) is 7.16. The molecule has 0 aliphatic heterocycles. The van der Waals surface area contributed by atoms with Gasteiger partial charge in [0.25, 0.3) is 0 Å². The molecule has 20 heavy (non-hydrogen) atoms. The molecule has 1 amide bonds. The van der Waals surface area contributed by atoms with E-state index in [0.717, 1.165) is 29.4 Å². The monoisotopic (exact) mass is 266 g/mol. The topological polar surface area (TPSA) is 42.0 Å². The van der Waals surface area contributed by atoms with E-state index in [1.165, 1.54) is 12.8 Å². The van der Waals surface area contributed by atoms with Crippen molar-refractivity contribution in [3.8, 4) is 0 Å². The van der Waals surface area contributed by atoms with Crippen LogP contribution in [-0.2, 0) is 4.79 Å². The molecule has 0 radical (unpaired) electrons. The van der Waals surface area contributed by atoms with E-state index < -0.39 is 0 Å². The minimum absolute atomic E-state index is 0.0214. The van der Waals surface area contributed by atoms with Crippen molar-refractivity contribution < 1.29 is 4.79 Å². The Labute approximate surface area is 118 Å². The van der Waals surface area contributed by atoms with Gasteiger partial charge in [-0.15, -0.1) is 0 Å². The molecule has 1 aliphatic rings. The number of aromatic nitrogens is 1. The Morgan fingerprint density at radius 2 is 1.95 bits per heavy atom. The van der Waals surface area contributed by atoms with Crippen LogP contribution in [0, 0.1) is 0 Å². The van der Waals surface area contributed by atoms with Gasteiger partial charge in [-0.3, -0.25) is 4.79 Å². The van der Waals surface area contributed by atoms with Gasteiger partial charge in [-0.25, -0.2) is 4.98 Å². The van der Waals surface area contributed by atoms with Crippen molar-refractivity contribution >= 4 is 22.9 Å². The van der Waals surface area contributed by atoms with Crippen molar-refractivity contribution in [3.05, 3.63) is 48.2 Å². The zero-order valence-electron chi connectivity index (χ0n) is 11.4. The summed E-state index contributed by atoms with van der Waals surface area (Å²) < 4.78 is 0. The first-order valence-electron chi connectivity index (χ1n) is 7.16. The molecule has 1 aromatic carbocycles. The normalized spacial score (nSPS) is 16.0. The summed E-state index contributed by atoms with van der Waals surface area (Å²) in [7, 11) is 0. The molecule has 102 valence electrons. The molecule has 3 rings (SSSR count). The third kappa shape index (κ3) is 3.05. The minimum Gasteiger partial charge on any atom is -0.350 e. The molecular weight excluding hydrogens is 248 g/mol. The van der Waals surface area contributed by atoms with Gasteiger partial charge in [0.15, 0.2) is 0 Å². The minimum atomic E-state index is -0.0214. The predicted octanol–water partition coefficient (Wildman–Crippen LogP) is 3.31. The van der Waals surface area contributed by atoms with Crippen LogP contribution in [0.3, 0.4) is 0 Å². The summed E-state index contributed by atoms with van der Waals surface area (Å²) in [6, 6.07) is 12.3. The van der Waals surface area contributed by atoms with Crippen LogP contribution in [0.1, 0.15) is 31.4 Å². The van der Waals surface area contributed by atoms with Gasteiger partial charge >= 0.3 is 0 Å². The van der Waals surface area contributed by atoms with E-state index in [9.17, 15) is 4.79 Å². The Bertz CT molecular complexity index is 642. The molecule has 2 aromatic rings. The fourth-order valence-electron chi connectivity index (χ4n) is 2.66. The summed E-state index contributed by atoms with van der Waals surface area (Å²) in [5, 5.41) is 4.14. The number of fused-ring (bicyclic) bond motifs is 1. The number of para-hydroxylation sites is 1. The standard InChI is InChI=1S/C17H18N2O/c20-17(19-14-6-2-3-7-14)12-11-15-10-9-13-5-1-4-8-16(13)18-15/h1,4-5,8-12,14H,2-3,6-7H2,(H,19,20)/b12-11+. The molecular formula is C17H18N2O. The summed E-state index contributed by atoms with van der Waals surface area (Å²) >= 11 is 0. The van der Waals surface area contributed by atoms with Gasteiger partial charge in [-0.2, -0.15) is 0 Å². The fraction of sp³-hybridized carbons (Fsp3) is 0.294. The lowest BCUT2D eigenvalue weighted by Crippen LogP contribution is -2.30. The highest BCUT2D eigenvalue weighted by Gasteiger charge is 2.15. The molecule has 1 aromatic heterocycles. The smallest absolute Gasteiger partial charge is 0.244 e. The summed E-state index contributed by atoms with van der Waals surface area (Å²) in [6.45, 7) is 0. The Morgan fingerprint density at radius 3 is 2.80 bits per heavy atom. The van der Waals surface area contributed by atoms with E-state index in [2.05, 4.69) is 10.3 Å². The molecule has 3 heteroatoms. The highest BCUT2D eigenvalue weighted by Crippen LogP contribution is 2.17. The van der Waals surface area contributed by atoms with Crippen LogP contribution in [0.15, 0.2) is 42.5 Å². The number of hydrogen-bond donors (Lipinski definition) is 1. The van der Waals surface area contributed by atoms with E-state index in [0.29, 0.717) is 6.04 Å². The second kappa shape index (κ2) is 5.87. The van der Waals surface area contributed by atoms with Crippen LogP contribution in [-0.4, -0.2) is 16.9 Å². The lowest BCUT2D eigenvalue weighted by Gasteiger charge is -2.08. The average molecular weight is 266 g/mol. The van der Waals surface area contributed by atoms with Gasteiger partial charge < -0.3 is 5.32 Å². The molecule has 1 aliphatic carbocycles. The third-order valence-corrected chi connectivity index (χ3v) is 3.73. The van der Waals surface area contributed by atoms with Gasteiger partial charge in [0.2, 0.25) is 5.91 Å². The number of carbonyl (C=O) groups excluding carboxylic acids is 1. The van der Waals surface area contributed by atoms with Gasteiger partial charge in [0.1, 0.15) is 0 Å². The molecule has 0 atom stereocenters. The zero-order chi connectivity index (χ0) is 13.8. The molecule has 1 fully saturated rings. The van der Waals surface area contributed by atoms with E-state index >= 15 is 0 Å². The Hall–Kier alpha value is -2.16. The van der Waals surface area contributed by atoms with Gasteiger partial charge in [0.05, 0.1) is 11.2 Å². The molecule has 0 saturated heterocycles. The molecule has 1 heterocycles. The van der Waals surface area contributed by atoms with E-state index in [-0.39, 0.29) is 5.91 Å². The first kappa shape index (κ1) is 12.9. The van der Waals surface area contributed by atoms with E-state index in [1.54, 1.807) is 12.2 Å². The van der Waals surface area contributed by atoms with Gasteiger partial charge in [0, 0.05) is 17.5 Å². The van der Waals surface area contributed by atoms with Crippen molar-refractivity contribution in [2.24, 2.45) is 0 Å². The molecule has 1 N–H and O–H groups in total. The average Bonchev–Trinajstić information content (AvgIpc) is 2.98. The zero-order valence-corrected chi connectivity index (χ0v) is 11.4. The second-order valence-corrected chi connectivity index (χ2v) is 5.25. The van der Waals surface area contributed by atoms with Crippen LogP contribution in [0.4, 0.5) is 0 Å². The van der Waals surface area contributed by atoms with Crippen molar-refractivity contribution in [1.82, 2.24) is 10.3 Å². The predicted molar refractivity (Wildman–Crippen MR) is 81.2 cm³/mol. The van der Waals surface area contributed by atoms with Crippen LogP contribution in [0.2, 0.25) is 0 Å².